The second-order valence-corrected chi connectivity index (χ2v) is 11.9. The van der Waals surface area contributed by atoms with Crippen molar-refractivity contribution in [1.29, 1.82) is 0 Å². The van der Waals surface area contributed by atoms with Gasteiger partial charge in [0.15, 0.2) is 0 Å². The zero-order valence-electron chi connectivity index (χ0n) is 2.22. The summed E-state index contributed by atoms with van der Waals surface area (Å²) < 4.78 is 0.963. The predicted molar refractivity (Wildman–Crippen MR) is 44.6 cm³/mol. The van der Waals surface area contributed by atoms with Crippen molar-refractivity contribution >= 4 is 58.0 Å². The molecule has 0 spiro atoms. The van der Waals surface area contributed by atoms with Crippen LogP contribution in [0.3, 0.4) is 0 Å². The third kappa shape index (κ3) is 6.04. The maximum atomic E-state index is 5.38. The summed E-state index contributed by atoms with van der Waals surface area (Å²) in [4.78, 5) is 0. The number of halogens is 4. The van der Waals surface area contributed by atoms with E-state index in [0.29, 0.717) is 0 Å². The van der Waals surface area contributed by atoms with E-state index in [0.717, 1.165) is 2.43 Å². The first-order valence-electron chi connectivity index (χ1n) is 0.820. The molecule has 0 aromatic rings. The van der Waals surface area contributed by atoms with Gasteiger partial charge in [0.1, 0.15) is 0 Å². The first-order chi connectivity index (χ1) is 2.27. The summed E-state index contributed by atoms with van der Waals surface area (Å²) in [6.07, 6.45) is 0. The van der Waals surface area contributed by atoms with Crippen LogP contribution in [-0.4, -0.2) is 2.43 Å². The van der Waals surface area contributed by atoms with E-state index >= 15 is 0 Å². The molecule has 0 fully saturated rings. The van der Waals surface area contributed by atoms with Crippen LogP contribution in [0, 0.1) is 0 Å². The number of hydrogen-bond donors (Lipinski definition) is 0. The van der Waals surface area contributed by atoms with Crippen molar-refractivity contribution in [1.82, 2.24) is 0 Å². The van der Waals surface area contributed by atoms with Crippen molar-refractivity contribution in [3.63, 3.8) is 0 Å². The molecule has 34 valence electrons. The van der Waals surface area contributed by atoms with E-state index in [4.69, 9.17) is 17.8 Å². The fourth-order valence-corrected chi connectivity index (χ4v) is 0. The topological polar surface area (TPSA) is 0 Å². The first-order valence-corrected chi connectivity index (χ1v) is 9.34. The molecule has 0 aliphatic rings. The molecule has 0 aromatic carbocycles. The molecule has 0 amide bonds. The van der Waals surface area contributed by atoms with Gasteiger partial charge in [0.25, 0.3) is 0 Å². The summed E-state index contributed by atoms with van der Waals surface area (Å²) in [5.74, 6) is 0. The normalized spacial score (nSPS) is 11.4. The van der Waals surface area contributed by atoms with Crippen LogP contribution in [0.2, 0.25) is 0 Å². The molecule has 0 bridgehead atoms. The van der Waals surface area contributed by atoms with Gasteiger partial charge in [0, 0.05) is 0 Å². The Morgan fingerprint density at radius 1 is 1.60 bits per heavy atom. The molecule has 0 aromatic heterocycles. The number of hydrogen-bond acceptors (Lipinski definition) is 0. The Hall–Kier alpha value is 2.04. The van der Waals surface area contributed by atoms with Crippen LogP contribution in [0.25, 0.3) is 0 Å². The Bertz CT molecular complexity index is 21.6. The molecule has 0 saturated carbocycles. The van der Waals surface area contributed by atoms with Crippen LogP contribution in [0.4, 0.5) is 0 Å². The van der Waals surface area contributed by atoms with Crippen LogP contribution in [-0.2, 0) is 0 Å². The molecule has 0 saturated heterocycles. The van der Waals surface area contributed by atoms with E-state index in [-0.39, 0.29) is 0 Å². The van der Waals surface area contributed by atoms with E-state index < -0.39 is 17.6 Å². The van der Waals surface area contributed by atoms with E-state index in [1.807, 2.05) is 0 Å². The van der Waals surface area contributed by atoms with Gasteiger partial charge in [-0.3, -0.25) is 0 Å². The minimum atomic E-state index is -1.35. The molecular formula is CH2Cl2I2. The van der Waals surface area contributed by atoms with Gasteiger partial charge in [-0.1, -0.05) is 0 Å². The van der Waals surface area contributed by atoms with Gasteiger partial charge >= 0.3 is 60.4 Å². The quantitative estimate of drug-likeness (QED) is 0.509. The molecule has 0 nitrogen and oxygen atoms in total. The fraction of sp³-hybridized carbons (Fsp3) is 1.00. The molecule has 0 heterocycles. The van der Waals surface area contributed by atoms with Crippen LogP contribution in [0.15, 0.2) is 0 Å². The average Bonchev–Trinajstić information content (AvgIpc) is 1.38. The second kappa shape index (κ2) is 4.21. The van der Waals surface area contributed by atoms with Gasteiger partial charge in [-0.05, 0) is 0 Å². The van der Waals surface area contributed by atoms with Gasteiger partial charge in [0.05, 0.1) is 0 Å². The van der Waals surface area contributed by atoms with Gasteiger partial charge < -0.3 is 0 Å². The van der Waals surface area contributed by atoms with E-state index in [9.17, 15) is 0 Å². The molecule has 0 atom stereocenters. The molecule has 0 unspecified atom stereocenters. The molecule has 5 heavy (non-hydrogen) atoms. The third-order valence-electron chi connectivity index (χ3n) is 0.0764. The Morgan fingerprint density at radius 2 is 1.80 bits per heavy atom. The standard InChI is InChI=1S/CH2Cl2I2/c2-5(3)1-4/h1H2. The summed E-state index contributed by atoms with van der Waals surface area (Å²) in [6.45, 7) is 0. The molecule has 0 radical (unpaired) electrons. The zero-order valence-corrected chi connectivity index (χ0v) is 8.05. The summed E-state index contributed by atoms with van der Waals surface area (Å²) in [5.41, 5.74) is 0. The second-order valence-electron chi connectivity index (χ2n) is 0.357. The van der Waals surface area contributed by atoms with E-state index in [1.54, 1.807) is 0 Å². The van der Waals surface area contributed by atoms with Gasteiger partial charge in [0.2, 0.25) is 0 Å². The van der Waals surface area contributed by atoms with Crippen LogP contribution < -0.4 is 0 Å². The van der Waals surface area contributed by atoms with Crippen LogP contribution in [0.1, 0.15) is 0 Å². The monoisotopic (exact) mass is 338 g/mol. The number of rotatable bonds is 1. The average molecular weight is 339 g/mol. The van der Waals surface area contributed by atoms with Crippen LogP contribution >= 0.6 is 58.0 Å². The van der Waals surface area contributed by atoms with Gasteiger partial charge in [-0.2, -0.15) is 0 Å². The Kier molecular flexibility index (Phi) is 5.92. The molecular weight excluding hydrogens is 337 g/mol. The molecule has 0 rings (SSSR count). The first kappa shape index (κ1) is 7.04. The summed E-state index contributed by atoms with van der Waals surface area (Å²) in [5, 5.41) is 0. The number of alkyl halides is 2. The van der Waals surface area contributed by atoms with Crippen molar-refractivity contribution in [2.75, 3.05) is 2.43 Å². The summed E-state index contributed by atoms with van der Waals surface area (Å²) in [7, 11) is 10.8. The van der Waals surface area contributed by atoms with Crippen molar-refractivity contribution in [2.24, 2.45) is 0 Å². The Balaban J connectivity index is 2.54. The van der Waals surface area contributed by atoms with Crippen molar-refractivity contribution in [3.8, 4) is 0 Å². The Labute approximate surface area is 59.5 Å². The SMILES string of the molecule is ClI(Cl)CI. The Morgan fingerprint density at radius 3 is 1.80 bits per heavy atom. The van der Waals surface area contributed by atoms with Crippen LogP contribution in [0.5, 0.6) is 0 Å². The summed E-state index contributed by atoms with van der Waals surface area (Å²) in [6, 6.07) is 0. The summed E-state index contributed by atoms with van der Waals surface area (Å²) >= 11 is 0.832. The van der Waals surface area contributed by atoms with Gasteiger partial charge in [-0.25, -0.2) is 0 Å². The zero-order chi connectivity index (χ0) is 4.28. The maximum absolute atomic E-state index is 5.38. The van der Waals surface area contributed by atoms with E-state index in [1.165, 1.54) is 0 Å². The molecule has 0 aliphatic heterocycles. The fourth-order valence-electron chi connectivity index (χ4n) is 0. The minimum absolute atomic E-state index is 0.963. The van der Waals surface area contributed by atoms with Crippen molar-refractivity contribution in [2.45, 2.75) is 0 Å². The molecule has 0 aliphatic carbocycles. The molecule has 4 heteroatoms. The van der Waals surface area contributed by atoms with Crippen molar-refractivity contribution in [3.05, 3.63) is 0 Å². The third-order valence-corrected chi connectivity index (χ3v) is 10.3. The molecule has 0 N–H and O–H groups in total. The van der Waals surface area contributed by atoms with Crippen molar-refractivity contribution < 1.29 is 0 Å². The van der Waals surface area contributed by atoms with E-state index in [2.05, 4.69) is 22.6 Å². The van der Waals surface area contributed by atoms with Gasteiger partial charge in [-0.15, -0.1) is 0 Å². The predicted octanol–water partition coefficient (Wildman–Crippen LogP) is 3.19.